The maximum absolute atomic E-state index is 13.0. The first-order valence-electron chi connectivity index (χ1n) is 8.91. The Labute approximate surface area is 153 Å². The van der Waals surface area contributed by atoms with Crippen LogP contribution in [0.4, 0.5) is 0 Å². The summed E-state index contributed by atoms with van der Waals surface area (Å²) >= 11 is 0. The molecule has 1 aliphatic rings. The van der Waals surface area contributed by atoms with E-state index >= 15 is 0 Å². The van der Waals surface area contributed by atoms with Gasteiger partial charge in [0.1, 0.15) is 0 Å². The van der Waals surface area contributed by atoms with Gasteiger partial charge in [-0.2, -0.15) is 0 Å². The molecule has 1 N–H and O–H groups in total. The highest BCUT2D eigenvalue weighted by atomic mass is 16.5. The topological polar surface area (TPSA) is 84.9 Å². The van der Waals surface area contributed by atoms with Crippen LogP contribution in [0.2, 0.25) is 0 Å². The molecule has 1 aliphatic heterocycles. The zero-order valence-electron chi connectivity index (χ0n) is 15.7. The molecule has 0 aliphatic carbocycles. The Balaban J connectivity index is 2.40. The monoisotopic (exact) mass is 362 g/mol. The quantitative estimate of drug-likeness (QED) is 0.805. The van der Waals surface area contributed by atoms with Crippen LogP contribution in [0.15, 0.2) is 18.2 Å². The molecule has 26 heavy (non-hydrogen) atoms. The van der Waals surface area contributed by atoms with Crippen molar-refractivity contribution in [1.29, 1.82) is 0 Å². The second-order valence-electron chi connectivity index (χ2n) is 6.36. The molecule has 1 fully saturated rings. The largest absolute Gasteiger partial charge is 0.462 e. The minimum Gasteiger partial charge on any atom is -0.462 e. The van der Waals surface area contributed by atoms with Crippen LogP contribution in [0.1, 0.15) is 58.8 Å². The highest BCUT2D eigenvalue weighted by Gasteiger charge is 2.28. The Hall–Kier alpha value is -2.41. The van der Waals surface area contributed by atoms with Gasteiger partial charge in [-0.1, -0.05) is 0 Å². The van der Waals surface area contributed by atoms with Gasteiger partial charge in [0.15, 0.2) is 0 Å². The maximum atomic E-state index is 13.0. The lowest BCUT2D eigenvalue weighted by atomic mass is 10.0. The van der Waals surface area contributed by atoms with Gasteiger partial charge in [0.05, 0.1) is 24.3 Å². The summed E-state index contributed by atoms with van der Waals surface area (Å²) in [5, 5.41) is 3.32. The van der Waals surface area contributed by atoms with Crippen molar-refractivity contribution < 1.29 is 23.9 Å². The first kappa shape index (κ1) is 19.9. The highest BCUT2D eigenvalue weighted by Crippen LogP contribution is 2.18. The van der Waals surface area contributed by atoms with Crippen LogP contribution in [-0.4, -0.2) is 61.1 Å². The third-order valence-electron chi connectivity index (χ3n) is 4.23. The van der Waals surface area contributed by atoms with E-state index in [1.807, 2.05) is 13.8 Å². The van der Waals surface area contributed by atoms with Gasteiger partial charge in [0.2, 0.25) is 0 Å². The number of carbonyl (C=O) groups excluding carboxylic acids is 3. The number of carbonyl (C=O) groups is 3. The van der Waals surface area contributed by atoms with Gasteiger partial charge in [0, 0.05) is 30.7 Å². The number of ether oxygens (including phenoxy) is 2. The Morgan fingerprint density at radius 3 is 2.00 bits per heavy atom. The molecular weight excluding hydrogens is 336 g/mol. The van der Waals surface area contributed by atoms with E-state index in [-0.39, 0.29) is 47.9 Å². The lowest BCUT2D eigenvalue weighted by Crippen LogP contribution is -2.56. The van der Waals surface area contributed by atoms with Crippen LogP contribution in [-0.2, 0) is 9.47 Å². The molecule has 0 radical (unpaired) electrons. The zero-order valence-corrected chi connectivity index (χ0v) is 15.7. The normalized spacial score (nSPS) is 19.8. The van der Waals surface area contributed by atoms with Crippen molar-refractivity contribution in [3.05, 3.63) is 34.9 Å². The molecule has 1 heterocycles. The summed E-state index contributed by atoms with van der Waals surface area (Å²) in [5.41, 5.74) is 0.604. The predicted molar refractivity (Wildman–Crippen MR) is 96.3 cm³/mol. The van der Waals surface area contributed by atoms with Crippen molar-refractivity contribution in [2.75, 3.05) is 26.3 Å². The lowest BCUT2D eigenvalue weighted by Gasteiger charge is -2.37. The second kappa shape index (κ2) is 8.80. The summed E-state index contributed by atoms with van der Waals surface area (Å²) in [4.78, 5) is 39.0. The molecular formula is C19H26N2O5. The van der Waals surface area contributed by atoms with Crippen LogP contribution >= 0.6 is 0 Å². The molecule has 142 valence electrons. The van der Waals surface area contributed by atoms with Crippen LogP contribution in [0.3, 0.4) is 0 Å². The van der Waals surface area contributed by atoms with Crippen molar-refractivity contribution in [3.63, 3.8) is 0 Å². The molecule has 0 bridgehead atoms. The van der Waals surface area contributed by atoms with Crippen LogP contribution in [0.5, 0.6) is 0 Å². The van der Waals surface area contributed by atoms with Gasteiger partial charge in [-0.05, 0) is 45.9 Å². The molecule has 0 aromatic heterocycles. The molecule has 0 unspecified atom stereocenters. The number of hydrogen-bond acceptors (Lipinski definition) is 6. The zero-order chi connectivity index (χ0) is 19.3. The molecule has 2 atom stereocenters. The fraction of sp³-hybridized carbons (Fsp3) is 0.526. The van der Waals surface area contributed by atoms with E-state index in [1.54, 1.807) is 18.7 Å². The van der Waals surface area contributed by atoms with Crippen molar-refractivity contribution in [1.82, 2.24) is 10.2 Å². The van der Waals surface area contributed by atoms with Crippen LogP contribution < -0.4 is 5.32 Å². The summed E-state index contributed by atoms with van der Waals surface area (Å²) in [6.07, 6.45) is 0. The van der Waals surface area contributed by atoms with E-state index in [0.717, 1.165) is 0 Å². The molecule has 0 spiro atoms. The molecule has 1 saturated heterocycles. The molecule has 2 rings (SSSR count). The van der Waals surface area contributed by atoms with Gasteiger partial charge in [-0.3, -0.25) is 4.79 Å². The van der Waals surface area contributed by atoms with Crippen molar-refractivity contribution in [3.8, 4) is 0 Å². The van der Waals surface area contributed by atoms with Gasteiger partial charge >= 0.3 is 11.9 Å². The minimum absolute atomic E-state index is 0.0102. The maximum Gasteiger partial charge on any atom is 0.338 e. The summed E-state index contributed by atoms with van der Waals surface area (Å²) in [7, 11) is 0. The van der Waals surface area contributed by atoms with Gasteiger partial charge < -0.3 is 19.7 Å². The fourth-order valence-electron chi connectivity index (χ4n) is 2.89. The third-order valence-corrected chi connectivity index (χ3v) is 4.23. The molecule has 1 amide bonds. The molecule has 1 aromatic carbocycles. The second-order valence-corrected chi connectivity index (χ2v) is 6.36. The van der Waals surface area contributed by atoms with E-state index in [9.17, 15) is 14.4 Å². The number of hydrogen-bond donors (Lipinski definition) is 1. The van der Waals surface area contributed by atoms with E-state index in [0.29, 0.717) is 13.1 Å². The fourth-order valence-corrected chi connectivity index (χ4v) is 2.89. The third kappa shape index (κ3) is 4.60. The predicted octanol–water partition coefficient (Wildman–Crippen LogP) is 1.86. The number of esters is 2. The van der Waals surface area contributed by atoms with Crippen molar-refractivity contribution >= 4 is 17.8 Å². The highest BCUT2D eigenvalue weighted by molar-refractivity contribution is 6.02. The summed E-state index contributed by atoms with van der Waals surface area (Å²) < 4.78 is 10.0. The number of amides is 1. The Kier molecular flexibility index (Phi) is 6.74. The number of rotatable bonds is 5. The van der Waals surface area contributed by atoms with Crippen molar-refractivity contribution in [2.45, 2.75) is 39.8 Å². The number of piperazine rings is 1. The Bertz CT molecular complexity index is 652. The minimum atomic E-state index is -0.575. The summed E-state index contributed by atoms with van der Waals surface area (Å²) in [6.45, 7) is 9.01. The van der Waals surface area contributed by atoms with Gasteiger partial charge in [0.25, 0.3) is 5.91 Å². The number of nitrogens with one attached hydrogen (secondary N) is 1. The molecule has 1 aromatic rings. The van der Waals surface area contributed by atoms with E-state index in [2.05, 4.69) is 5.32 Å². The Morgan fingerprint density at radius 2 is 1.50 bits per heavy atom. The summed E-state index contributed by atoms with van der Waals surface area (Å²) in [5.74, 6) is -1.37. The number of benzene rings is 1. The van der Waals surface area contributed by atoms with E-state index < -0.39 is 11.9 Å². The Morgan fingerprint density at radius 1 is 1.00 bits per heavy atom. The van der Waals surface area contributed by atoms with E-state index in [4.69, 9.17) is 9.47 Å². The molecule has 7 nitrogen and oxygen atoms in total. The van der Waals surface area contributed by atoms with Crippen LogP contribution in [0.25, 0.3) is 0 Å². The van der Waals surface area contributed by atoms with Gasteiger partial charge in [-0.25, -0.2) is 9.59 Å². The first-order valence-corrected chi connectivity index (χ1v) is 8.91. The smallest absolute Gasteiger partial charge is 0.338 e. The molecule has 7 heteroatoms. The van der Waals surface area contributed by atoms with E-state index in [1.165, 1.54) is 18.2 Å². The first-order chi connectivity index (χ1) is 12.4. The average molecular weight is 362 g/mol. The summed E-state index contributed by atoms with van der Waals surface area (Å²) in [6, 6.07) is 4.53. The van der Waals surface area contributed by atoms with Crippen LogP contribution in [0, 0.1) is 0 Å². The SMILES string of the molecule is CCOC(=O)c1cc(C(=O)OCC)cc(C(=O)N2C[C@@H](C)NC[C@@H]2C)c1. The lowest BCUT2D eigenvalue weighted by molar-refractivity contribution is 0.0525. The molecule has 0 saturated carbocycles. The standard InChI is InChI=1S/C19H26N2O5/c1-5-25-18(23)15-7-14(8-16(9-15)19(24)26-6-2)17(22)21-11-12(3)20-10-13(21)4/h7-9,12-13,20H,5-6,10-11H2,1-4H3/t12-,13+/m1/s1. The average Bonchev–Trinajstić information content (AvgIpc) is 2.63. The van der Waals surface area contributed by atoms with Gasteiger partial charge in [-0.15, -0.1) is 0 Å². The van der Waals surface area contributed by atoms with Crippen molar-refractivity contribution in [2.24, 2.45) is 0 Å². The number of nitrogens with zero attached hydrogens (tertiary/aromatic N) is 1.